The van der Waals surface area contributed by atoms with Crippen LogP contribution in [-0.2, 0) is 21.4 Å². The molecule has 1 aromatic heterocycles. The van der Waals surface area contributed by atoms with Crippen LogP contribution in [0, 0.1) is 0 Å². The van der Waals surface area contributed by atoms with Crippen molar-refractivity contribution in [3.8, 4) is 17.1 Å². The lowest BCUT2D eigenvalue weighted by Gasteiger charge is -2.26. The average molecular weight is 492 g/mol. The highest BCUT2D eigenvalue weighted by Crippen LogP contribution is 2.28. The lowest BCUT2D eigenvalue weighted by molar-refractivity contribution is 0.0429. The molecule has 11 heteroatoms. The van der Waals surface area contributed by atoms with Gasteiger partial charge in [0.25, 0.3) is 5.89 Å². The van der Waals surface area contributed by atoms with Gasteiger partial charge in [-0.2, -0.15) is 9.29 Å². The van der Waals surface area contributed by atoms with Gasteiger partial charge in [-0.25, -0.2) is 13.2 Å². The van der Waals surface area contributed by atoms with E-state index >= 15 is 0 Å². The fourth-order valence-corrected chi connectivity index (χ4v) is 5.47. The van der Waals surface area contributed by atoms with Gasteiger partial charge in [0.2, 0.25) is 15.8 Å². The van der Waals surface area contributed by atoms with Gasteiger partial charge in [0.05, 0.1) is 17.7 Å². The third-order valence-corrected chi connectivity index (χ3v) is 7.62. The van der Waals surface area contributed by atoms with Crippen molar-refractivity contribution in [3.63, 3.8) is 0 Å². The zero-order valence-corrected chi connectivity index (χ0v) is 19.4. The number of hydrogen-bond donors (Lipinski definition) is 0. The minimum absolute atomic E-state index is 0.0539. The maximum Gasteiger partial charge on any atom is 0.338 e. The lowest BCUT2D eigenvalue weighted by Crippen LogP contribution is -2.35. The highest BCUT2D eigenvalue weighted by molar-refractivity contribution is 7.89. The summed E-state index contributed by atoms with van der Waals surface area (Å²) >= 11 is 6.16. The van der Waals surface area contributed by atoms with E-state index in [0.29, 0.717) is 30.2 Å². The minimum Gasteiger partial charge on any atom is -0.497 e. The van der Waals surface area contributed by atoms with E-state index in [1.54, 1.807) is 31.4 Å². The summed E-state index contributed by atoms with van der Waals surface area (Å²) in [6.45, 7) is 0.598. The van der Waals surface area contributed by atoms with Gasteiger partial charge in [-0.05, 0) is 55.3 Å². The number of halogens is 1. The molecule has 1 fully saturated rings. The Morgan fingerprint density at radius 1 is 1.12 bits per heavy atom. The van der Waals surface area contributed by atoms with Crippen LogP contribution in [0.2, 0.25) is 5.02 Å². The molecule has 1 saturated heterocycles. The predicted octanol–water partition coefficient (Wildman–Crippen LogP) is 3.93. The summed E-state index contributed by atoms with van der Waals surface area (Å²) in [5.41, 5.74) is 0.771. The van der Waals surface area contributed by atoms with E-state index < -0.39 is 16.0 Å². The summed E-state index contributed by atoms with van der Waals surface area (Å²) in [5, 5.41) is 3.94. The fourth-order valence-electron chi connectivity index (χ4n) is 3.45. The number of carbonyl (C=O) groups is 1. The standard InChI is InChI=1S/C22H22ClN3O6S/c1-30-17-8-5-15(6-9-17)21-24-20(32-25-21)14-31-22(27)16-7-10-18(23)19(13-16)33(28,29)26-11-3-2-4-12-26/h5-10,13H,2-4,11-12,14H2,1H3. The number of rotatable bonds is 7. The second kappa shape index (κ2) is 9.90. The van der Waals surface area contributed by atoms with Crippen LogP contribution in [0.1, 0.15) is 35.5 Å². The van der Waals surface area contributed by atoms with Crippen LogP contribution in [0.25, 0.3) is 11.4 Å². The second-order valence-corrected chi connectivity index (χ2v) is 9.74. The quantitative estimate of drug-likeness (QED) is 0.457. The largest absolute Gasteiger partial charge is 0.497 e. The molecule has 0 unspecified atom stereocenters. The third kappa shape index (κ3) is 5.18. The van der Waals surface area contributed by atoms with Crippen LogP contribution in [0.3, 0.4) is 0 Å². The smallest absolute Gasteiger partial charge is 0.338 e. The van der Waals surface area contributed by atoms with E-state index in [2.05, 4.69) is 10.1 Å². The van der Waals surface area contributed by atoms with E-state index in [-0.39, 0.29) is 28.0 Å². The topological polar surface area (TPSA) is 112 Å². The van der Waals surface area contributed by atoms with Gasteiger partial charge in [-0.1, -0.05) is 23.2 Å². The van der Waals surface area contributed by atoms with Gasteiger partial charge in [0.1, 0.15) is 10.6 Å². The summed E-state index contributed by atoms with van der Waals surface area (Å²) < 4.78 is 42.9. The average Bonchev–Trinajstić information content (AvgIpc) is 3.32. The Labute approximate surface area is 196 Å². The Hall–Kier alpha value is -2.95. The number of esters is 1. The zero-order valence-electron chi connectivity index (χ0n) is 17.9. The Kier molecular flexibility index (Phi) is 6.96. The number of sulfonamides is 1. The SMILES string of the molecule is COc1ccc(-c2noc(COC(=O)c3ccc(Cl)c(S(=O)(=O)N4CCCCC4)c3)n2)cc1. The van der Waals surface area contributed by atoms with Crippen LogP contribution < -0.4 is 4.74 Å². The van der Waals surface area contributed by atoms with Crippen LogP contribution in [0.15, 0.2) is 51.9 Å². The molecule has 0 radical (unpaired) electrons. The molecular weight excluding hydrogens is 470 g/mol. The Morgan fingerprint density at radius 3 is 2.55 bits per heavy atom. The van der Waals surface area contributed by atoms with Crippen molar-refractivity contribution in [1.29, 1.82) is 0 Å². The molecule has 2 heterocycles. The van der Waals surface area contributed by atoms with Gasteiger partial charge in [0, 0.05) is 18.7 Å². The van der Waals surface area contributed by atoms with Gasteiger partial charge in [-0.3, -0.25) is 0 Å². The van der Waals surface area contributed by atoms with Gasteiger partial charge < -0.3 is 14.0 Å². The highest BCUT2D eigenvalue weighted by Gasteiger charge is 2.29. The van der Waals surface area contributed by atoms with Gasteiger partial charge in [0.15, 0.2) is 6.61 Å². The molecule has 0 amide bonds. The van der Waals surface area contributed by atoms with Crippen LogP contribution >= 0.6 is 11.6 Å². The minimum atomic E-state index is -3.80. The van der Waals surface area contributed by atoms with Crippen LogP contribution in [0.4, 0.5) is 0 Å². The second-order valence-electron chi connectivity index (χ2n) is 7.43. The summed E-state index contributed by atoms with van der Waals surface area (Å²) in [7, 11) is -2.23. The number of methoxy groups -OCH3 is 1. The van der Waals surface area contributed by atoms with Crippen molar-refractivity contribution in [2.24, 2.45) is 0 Å². The molecule has 1 aliphatic heterocycles. The molecule has 1 aliphatic rings. The number of aromatic nitrogens is 2. The Morgan fingerprint density at radius 2 is 1.85 bits per heavy atom. The molecule has 174 valence electrons. The Balaban J connectivity index is 1.45. The molecule has 0 saturated carbocycles. The molecular formula is C22H22ClN3O6S. The summed E-state index contributed by atoms with van der Waals surface area (Å²) in [4.78, 5) is 16.7. The van der Waals surface area contributed by atoms with Crippen LogP contribution in [0.5, 0.6) is 5.75 Å². The number of benzene rings is 2. The molecule has 2 aromatic carbocycles. The molecule has 0 spiro atoms. The van der Waals surface area contributed by atoms with Crippen molar-refractivity contribution in [1.82, 2.24) is 14.4 Å². The van der Waals surface area contributed by atoms with Crippen molar-refractivity contribution in [2.45, 2.75) is 30.8 Å². The molecule has 0 atom stereocenters. The fraction of sp³-hybridized carbons (Fsp3) is 0.318. The third-order valence-electron chi connectivity index (χ3n) is 5.24. The number of nitrogens with zero attached hydrogens (tertiary/aromatic N) is 3. The molecule has 3 aromatic rings. The molecule has 9 nitrogen and oxygen atoms in total. The number of piperidine rings is 1. The molecule has 4 rings (SSSR count). The monoisotopic (exact) mass is 491 g/mol. The van der Waals surface area contributed by atoms with E-state index in [1.165, 1.54) is 22.5 Å². The first-order chi connectivity index (χ1) is 15.9. The van der Waals surface area contributed by atoms with Crippen molar-refractivity contribution >= 4 is 27.6 Å². The number of carbonyl (C=O) groups excluding carboxylic acids is 1. The van der Waals surface area contributed by atoms with Gasteiger partial charge >= 0.3 is 5.97 Å². The van der Waals surface area contributed by atoms with E-state index in [9.17, 15) is 13.2 Å². The molecule has 0 N–H and O–H groups in total. The summed E-state index contributed by atoms with van der Waals surface area (Å²) in [5.74, 6) is 0.404. The number of ether oxygens (including phenoxy) is 2. The van der Waals surface area contributed by atoms with E-state index in [4.69, 9.17) is 25.6 Å². The zero-order chi connectivity index (χ0) is 23.4. The first-order valence-corrected chi connectivity index (χ1v) is 12.1. The Bertz CT molecular complexity index is 1240. The van der Waals surface area contributed by atoms with Crippen molar-refractivity contribution in [2.75, 3.05) is 20.2 Å². The first kappa shape index (κ1) is 23.2. The van der Waals surface area contributed by atoms with Gasteiger partial charge in [-0.15, -0.1) is 0 Å². The number of hydrogen-bond acceptors (Lipinski definition) is 8. The lowest BCUT2D eigenvalue weighted by atomic mass is 10.2. The maximum absolute atomic E-state index is 13.0. The summed E-state index contributed by atoms with van der Waals surface area (Å²) in [6, 6.07) is 11.1. The molecule has 0 aliphatic carbocycles. The maximum atomic E-state index is 13.0. The normalized spacial score (nSPS) is 14.7. The van der Waals surface area contributed by atoms with E-state index in [1.807, 2.05) is 0 Å². The van der Waals surface area contributed by atoms with Crippen molar-refractivity contribution < 1.29 is 27.2 Å². The predicted molar refractivity (Wildman–Crippen MR) is 119 cm³/mol. The van der Waals surface area contributed by atoms with E-state index in [0.717, 1.165) is 19.3 Å². The first-order valence-electron chi connectivity index (χ1n) is 10.3. The highest BCUT2D eigenvalue weighted by atomic mass is 35.5. The van der Waals surface area contributed by atoms with Crippen molar-refractivity contribution in [3.05, 3.63) is 58.9 Å². The summed E-state index contributed by atoms with van der Waals surface area (Å²) in [6.07, 6.45) is 2.57. The molecule has 33 heavy (non-hydrogen) atoms. The van der Waals surface area contributed by atoms with Crippen LogP contribution in [-0.4, -0.2) is 49.0 Å². The molecule has 0 bridgehead atoms.